The zero-order chi connectivity index (χ0) is 9.38. The number of pyridine rings is 1. The molecule has 2 aromatic heterocycles. The average Bonchev–Trinajstić information content (AvgIpc) is 2.78. The molecular weight excluding hydrogens is 194 g/mol. The molecule has 70 valence electrons. The van der Waals surface area contributed by atoms with Crippen LogP contribution >= 0.6 is 11.3 Å². The van der Waals surface area contributed by atoms with E-state index in [0.29, 0.717) is 0 Å². The Hall–Kier alpha value is -1.26. The van der Waals surface area contributed by atoms with Gasteiger partial charge in [0.25, 0.3) is 0 Å². The molecule has 14 heavy (non-hydrogen) atoms. The van der Waals surface area contributed by atoms with Crippen LogP contribution in [-0.4, -0.2) is 9.97 Å². The summed E-state index contributed by atoms with van der Waals surface area (Å²) in [4.78, 5) is 10.0. The number of thiazole rings is 1. The quantitative estimate of drug-likeness (QED) is 0.768. The number of nitrogens with zero attached hydrogens (tertiary/aromatic N) is 2. The average molecular weight is 203 g/mol. The van der Waals surface area contributed by atoms with Gasteiger partial charge in [-0.25, -0.2) is 4.98 Å². The Kier molecular flexibility index (Phi) is 1.82. The van der Waals surface area contributed by atoms with E-state index in [9.17, 15) is 0 Å². The van der Waals surface area contributed by atoms with Crippen LogP contribution in [0.3, 0.4) is 0 Å². The van der Waals surface area contributed by atoms with Gasteiger partial charge in [-0.15, -0.1) is 11.3 Å². The summed E-state index contributed by atoms with van der Waals surface area (Å²) in [5, 5.41) is 4.37. The van der Waals surface area contributed by atoms with Crippen molar-refractivity contribution in [2.45, 2.75) is 13.1 Å². The highest BCUT2D eigenvalue weighted by atomic mass is 32.1. The molecule has 2 aromatic rings. The molecule has 0 spiro atoms. The van der Waals surface area contributed by atoms with Crippen molar-refractivity contribution in [1.29, 1.82) is 0 Å². The second-order valence-electron chi connectivity index (χ2n) is 3.23. The molecule has 1 N–H and O–H groups in total. The molecule has 0 atom stereocenters. The van der Waals surface area contributed by atoms with Crippen LogP contribution < -0.4 is 5.32 Å². The van der Waals surface area contributed by atoms with Gasteiger partial charge >= 0.3 is 0 Å². The van der Waals surface area contributed by atoms with E-state index in [2.05, 4.69) is 21.4 Å². The third-order valence-corrected chi connectivity index (χ3v) is 3.41. The summed E-state index contributed by atoms with van der Waals surface area (Å²) in [6.45, 7) is 1.87. The van der Waals surface area contributed by atoms with E-state index in [1.807, 2.05) is 12.3 Å². The Labute approximate surface area is 85.8 Å². The molecule has 0 bridgehead atoms. The van der Waals surface area contributed by atoms with Crippen molar-refractivity contribution in [2.24, 2.45) is 0 Å². The summed E-state index contributed by atoms with van der Waals surface area (Å²) >= 11 is 1.76. The van der Waals surface area contributed by atoms with Gasteiger partial charge in [0.1, 0.15) is 5.01 Å². The van der Waals surface area contributed by atoms with Gasteiger partial charge in [0.15, 0.2) is 0 Å². The van der Waals surface area contributed by atoms with Crippen molar-refractivity contribution in [1.82, 2.24) is 15.3 Å². The van der Waals surface area contributed by atoms with E-state index in [-0.39, 0.29) is 0 Å². The fraction of sp³-hybridized carbons (Fsp3) is 0.200. The lowest BCUT2D eigenvalue weighted by Gasteiger charge is -1.94. The van der Waals surface area contributed by atoms with Crippen LogP contribution in [0.1, 0.15) is 10.6 Å². The highest BCUT2D eigenvalue weighted by molar-refractivity contribution is 7.15. The van der Waals surface area contributed by atoms with Crippen molar-refractivity contribution in [2.75, 3.05) is 0 Å². The first-order chi connectivity index (χ1) is 6.93. The Balaban J connectivity index is 2.06. The summed E-state index contributed by atoms with van der Waals surface area (Å²) in [6, 6.07) is 3.99. The first-order valence-corrected chi connectivity index (χ1v) is 5.35. The van der Waals surface area contributed by atoms with E-state index in [0.717, 1.165) is 23.7 Å². The molecule has 1 aliphatic rings. The van der Waals surface area contributed by atoms with E-state index < -0.39 is 0 Å². The fourth-order valence-corrected chi connectivity index (χ4v) is 2.60. The van der Waals surface area contributed by atoms with Gasteiger partial charge in [-0.05, 0) is 12.1 Å². The fourth-order valence-electron chi connectivity index (χ4n) is 1.57. The zero-order valence-electron chi connectivity index (χ0n) is 7.53. The van der Waals surface area contributed by atoms with Crippen LogP contribution in [0.5, 0.6) is 0 Å². The van der Waals surface area contributed by atoms with E-state index in [4.69, 9.17) is 0 Å². The monoisotopic (exact) mass is 203 g/mol. The standard InChI is InChI=1S/C10H9N3S/c1-2-7(4-11-3-1)10-13-8-5-12-6-9(8)14-10/h1-4,12H,5-6H2. The first-order valence-electron chi connectivity index (χ1n) is 4.53. The lowest BCUT2D eigenvalue weighted by Crippen LogP contribution is -2.01. The molecule has 3 heterocycles. The molecule has 4 heteroatoms. The van der Waals surface area contributed by atoms with Gasteiger partial charge in [0, 0.05) is 35.9 Å². The maximum Gasteiger partial charge on any atom is 0.125 e. The summed E-state index contributed by atoms with van der Waals surface area (Å²) in [6.07, 6.45) is 3.65. The van der Waals surface area contributed by atoms with Crippen LogP contribution in [0.15, 0.2) is 24.5 Å². The molecule has 3 nitrogen and oxygen atoms in total. The number of hydrogen-bond acceptors (Lipinski definition) is 4. The van der Waals surface area contributed by atoms with Crippen molar-refractivity contribution >= 4 is 11.3 Å². The molecule has 0 unspecified atom stereocenters. The Morgan fingerprint density at radius 3 is 3.14 bits per heavy atom. The summed E-state index contributed by atoms with van der Waals surface area (Å²) in [7, 11) is 0. The number of hydrogen-bond donors (Lipinski definition) is 1. The van der Waals surface area contributed by atoms with Crippen molar-refractivity contribution in [3.8, 4) is 10.6 Å². The number of rotatable bonds is 1. The molecule has 0 amide bonds. The zero-order valence-corrected chi connectivity index (χ0v) is 8.34. The lowest BCUT2D eigenvalue weighted by atomic mass is 10.3. The molecule has 0 fully saturated rings. The van der Waals surface area contributed by atoms with E-state index in [1.54, 1.807) is 17.5 Å². The van der Waals surface area contributed by atoms with E-state index >= 15 is 0 Å². The summed E-state index contributed by atoms with van der Waals surface area (Å²) in [5.41, 5.74) is 2.32. The van der Waals surface area contributed by atoms with Gasteiger partial charge in [0.2, 0.25) is 0 Å². The second-order valence-corrected chi connectivity index (χ2v) is 4.32. The van der Waals surface area contributed by atoms with Gasteiger partial charge in [-0.2, -0.15) is 0 Å². The Bertz CT molecular complexity index is 428. The number of aromatic nitrogens is 2. The van der Waals surface area contributed by atoms with Crippen LogP contribution in [0.4, 0.5) is 0 Å². The number of nitrogens with one attached hydrogen (secondary N) is 1. The third kappa shape index (κ3) is 1.23. The summed E-state index contributed by atoms with van der Waals surface area (Å²) in [5.74, 6) is 0. The molecule has 0 radical (unpaired) electrons. The van der Waals surface area contributed by atoms with Crippen LogP contribution in [0, 0.1) is 0 Å². The van der Waals surface area contributed by atoms with Crippen LogP contribution in [-0.2, 0) is 13.1 Å². The lowest BCUT2D eigenvalue weighted by molar-refractivity contribution is 0.759. The largest absolute Gasteiger partial charge is 0.306 e. The molecule has 0 saturated heterocycles. The first kappa shape index (κ1) is 8.08. The van der Waals surface area contributed by atoms with Crippen molar-refractivity contribution < 1.29 is 0 Å². The van der Waals surface area contributed by atoms with Crippen LogP contribution in [0.2, 0.25) is 0 Å². The Morgan fingerprint density at radius 2 is 2.36 bits per heavy atom. The van der Waals surface area contributed by atoms with Crippen molar-refractivity contribution in [3.63, 3.8) is 0 Å². The van der Waals surface area contributed by atoms with Gasteiger partial charge < -0.3 is 5.32 Å². The van der Waals surface area contributed by atoms with E-state index in [1.165, 1.54) is 10.6 Å². The van der Waals surface area contributed by atoms with Gasteiger partial charge in [-0.3, -0.25) is 4.98 Å². The maximum atomic E-state index is 4.58. The molecule has 0 aliphatic carbocycles. The molecule has 1 aliphatic heterocycles. The predicted octanol–water partition coefficient (Wildman–Crippen LogP) is 1.81. The smallest absolute Gasteiger partial charge is 0.125 e. The molecule has 0 aromatic carbocycles. The van der Waals surface area contributed by atoms with Crippen molar-refractivity contribution in [3.05, 3.63) is 35.1 Å². The Morgan fingerprint density at radius 1 is 1.36 bits per heavy atom. The van der Waals surface area contributed by atoms with Crippen LogP contribution in [0.25, 0.3) is 10.6 Å². The third-order valence-electron chi connectivity index (χ3n) is 2.26. The molecular formula is C10H9N3S. The predicted molar refractivity (Wildman–Crippen MR) is 55.9 cm³/mol. The topological polar surface area (TPSA) is 37.8 Å². The molecule has 3 rings (SSSR count). The highest BCUT2D eigenvalue weighted by Gasteiger charge is 2.16. The minimum atomic E-state index is 0.909. The molecule has 0 saturated carbocycles. The maximum absolute atomic E-state index is 4.58. The van der Waals surface area contributed by atoms with Gasteiger partial charge in [0.05, 0.1) is 5.69 Å². The minimum absolute atomic E-state index is 0.909. The SMILES string of the molecule is c1cncc(-c2nc3c(s2)CNC3)c1. The van der Waals surface area contributed by atoms with Gasteiger partial charge in [-0.1, -0.05) is 0 Å². The number of fused-ring (bicyclic) bond motifs is 1. The highest BCUT2D eigenvalue weighted by Crippen LogP contribution is 2.29. The minimum Gasteiger partial charge on any atom is -0.306 e. The second kappa shape index (κ2) is 3.15. The normalized spacial score (nSPS) is 14.3. The summed E-state index contributed by atoms with van der Waals surface area (Å²) < 4.78 is 0.